The molecule has 4 aromatic carbocycles. The fourth-order valence-electron chi connectivity index (χ4n) is 3.85. The molecule has 0 heterocycles. The van der Waals surface area contributed by atoms with Crippen molar-refractivity contribution in [3.8, 4) is 5.75 Å². The molecular formula is C27H23NO3. The summed E-state index contributed by atoms with van der Waals surface area (Å²) in [5.74, 6) is -0.163. The quantitative estimate of drug-likeness (QED) is 0.379. The molecule has 0 aliphatic heterocycles. The highest BCUT2D eigenvalue weighted by Crippen LogP contribution is 2.40. The second-order valence-electron chi connectivity index (χ2n) is 7.22. The Morgan fingerprint density at radius 3 is 1.65 bits per heavy atom. The predicted molar refractivity (Wildman–Crippen MR) is 123 cm³/mol. The number of nitrogens with one attached hydrogen (secondary N) is 1. The van der Waals surface area contributed by atoms with E-state index in [1.165, 1.54) is 0 Å². The molecule has 0 atom stereocenters. The number of aromatic carboxylic acids is 1. The lowest BCUT2D eigenvalue weighted by Crippen LogP contribution is -2.38. The summed E-state index contributed by atoms with van der Waals surface area (Å²) in [5.41, 5.74) is 3.53. The average Bonchev–Trinajstić information content (AvgIpc) is 2.84. The monoisotopic (exact) mass is 409 g/mol. The van der Waals surface area contributed by atoms with E-state index in [0.717, 1.165) is 28.1 Å². The van der Waals surface area contributed by atoms with Gasteiger partial charge < -0.3 is 15.2 Å². The number of methoxy groups -OCH3 is 1. The molecule has 0 fully saturated rings. The van der Waals surface area contributed by atoms with Crippen LogP contribution in [0.25, 0.3) is 0 Å². The minimum atomic E-state index is -0.945. The third-order valence-corrected chi connectivity index (χ3v) is 5.40. The van der Waals surface area contributed by atoms with E-state index in [4.69, 9.17) is 4.74 Å². The number of ether oxygens (including phenoxy) is 1. The van der Waals surface area contributed by atoms with E-state index in [1.807, 2.05) is 48.5 Å². The van der Waals surface area contributed by atoms with Crippen molar-refractivity contribution in [3.63, 3.8) is 0 Å². The molecule has 0 aromatic heterocycles. The lowest BCUT2D eigenvalue weighted by atomic mass is 9.76. The van der Waals surface area contributed by atoms with Crippen molar-refractivity contribution in [2.45, 2.75) is 5.54 Å². The van der Waals surface area contributed by atoms with Gasteiger partial charge in [-0.3, -0.25) is 0 Å². The van der Waals surface area contributed by atoms with Gasteiger partial charge in [0.2, 0.25) is 0 Å². The molecular weight excluding hydrogens is 386 g/mol. The fraction of sp³-hybridized carbons (Fsp3) is 0.0741. The van der Waals surface area contributed by atoms with Crippen LogP contribution in [0.4, 0.5) is 5.69 Å². The number of hydrogen-bond acceptors (Lipinski definition) is 3. The average molecular weight is 409 g/mol. The zero-order valence-electron chi connectivity index (χ0n) is 17.2. The maximum Gasteiger partial charge on any atom is 0.335 e. The lowest BCUT2D eigenvalue weighted by Gasteiger charge is -2.38. The van der Waals surface area contributed by atoms with E-state index in [9.17, 15) is 9.90 Å². The van der Waals surface area contributed by atoms with E-state index >= 15 is 0 Å². The normalized spacial score (nSPS) is 11.0. The van der Waals surface area contributed by atoms with Crippen molar-refractivity contribution in [1.29, 1.82) is 0 Å². The highest BCUT2D eigenvalue weighted by Gasteiger charge is 2.36. The largest absolute Gasteiger partial charge is 0.497 e. The molecule has 4 heteroatoms. The molecule has 0 radical (unpaired) electrons. The summed E-state index contributed by atoms with van der Waals surface area (Å²) >= 11 is 0. The molecule has 0 aliphatic rings. The van der Waals surface area contributed by atoms with Crippen LogP contribution in [0.5, 0.6) is 5.75 Å². The number of hydrogen-bond donors (Lipinski definition) is 2. The first-order valence-electron chi connectivity index (χ1n) is 10.0. The maximum atomic E-state index is 11.3. The van der Waals surface area contributed by atoms with Gasteiger partial charge >= 0.3 is 5.97 Å². The minimum absolute atomic E-state index is 0.250. The summed E-state index contributed by atoms with van der Waals surface area (Å²) in [4.78, 5) is 11.3. The molecule has 0 spiro atoms. The third-order valence-electron chi connectivity index (χ3n) is 5.40. The van der Waals surface area contributed by atoms with Crippen molar-refractivity contribution in [1.82, 2.24) is 0 Å². The number of carboxylic acids is 1. The Kier molecular flexibility index (Phi) is 5.72. The number of rotatable bonds is 7. The zero-order valence-corrected chi connectivity index (χ0v) is 17.2. The molecule has 4 aromatic rings. The molecule has 4 rings (SSSR count). The fourth-order valence-corrected chi connectivity index (χ4v) is 3.85. The molecule has 0 amide bonds. The van der Waals surface area contributed by atoms with Crippen LogP contribution in [0.1, 0.15) is 27.0 Å². The van der Waals surface area contributed by atoms with Crippen molar-refractivity contribution in [3.05, 3.63) is 131 Å². The van der Waals surface area contributed by atoms with Crippen molar-refractivity contribution < 1.29 is 14.6 Å². The molecule has 0 aliphatic carbocycles. The van der Waals surface area contributed by atoms with Gasteiger partial charge in [0.25, 0.3) is 0 Å². The predicted octanol–water partition coefficient (Wildman–Crippen LogP) is 5.80. The number of carboxylic acid groups (broad SMARTS) is 1. The number of anilines is 1. The van der Waals surface area contributed by atoms with E-state index in [2.05, 4.69) is 41.7 Å². The van der Waals surface area contributed by atoms with Gasteiger partial charge in [-0.25, -0.2) is 4.79 Å². The molecule has 0 saturated carbocycles. The van der Waals surface area contributed by atoms with Gasteiger partial charge in [-0.15, -0.1) is 0 Å². The highest BCUT2D eigenvalue weighted by atomic mass is 16.5. The summed E-state index contributed by atoms with van der Waals surface area (Å²) < 4.78 is 5.37. The molecule has 0 bridgehead atoms. The number of carbonyl (C=O) groups is 1. The summed E-state index contributed by atoms with van der Waals surface area (Å²) in [7, 11) is 1.65. The van der Waals surface area contributed by atoms with E-state index < -0.39 is 11.5 Å². The van der Waals surface area contributed by atoms with Crippen LogP contribution in [0, 0.1) is 0 Å². The van der Waals surface area contributed by atoms with Crippen LogP contribution in [-0.4, -0.2) is 18.2 Å². The van der Waals surface area contributed by atoms with Gasteiger partial charge in [0.15, 0.2) is 0 Å². The molecule has 0 unspecified atom stereocenters. The lowest BCUT2D eigenvalue weighted by molar-refractivity contribution is 0.0697. The van der Waals surface area contributed by atoms with Crippen molar-refractivity contribution >= 4 is 11.7 Å². The van der Waals surface area contributed by atoms with Gasteiger partial charge in [-0.2, -0.15) is 0 Å². The highest BCUT2D eigenvalue weighted by molar-refractivity contribution is 5.88. The van der Waals surface area contributed by atoms with Crippen LogP contribution in [0.3, 0.4) is 0 Å². The minimum Gasteiger partial charge on any atom is -0.497 e. The molecule has 2 N–H and O–H groups in total. The van der Waals surface area contributed by atoms with E-state index in [1.54, 1.807) is 31.4 Å². The third kappa shape index (κ3) is 4.01. The Bertz CT molecular complexity index is 1100. The Hall–Kier alpha value is -4.05. The first-order chi connectivity index (χ1) is 15.1. The molecule has 154 valence electrons. The SMILES string of the molecule is COc1ccc(C(Nc2ccc(C(=O)O)cc2)(c2ccccc2)c2ccccc2)cc1. The van der Waals surface area contributed by atoms with Crippen molar-refractivity contribution in [2.24, 2.45) is 0 Å². The summed E-state index contributed by atoms with van der Waals surface area (Å²) in [6, 6.07) is 35.3. The van der Waals surface area contributed by atoms with Gasteiger partial charge in [0.1, 0.15) is 11.3 Å². The van der Waals surface area contributed by atoms with E-state index in [0.29, 0.717) is 0 Å². The van der Waals surface area contributed by atoms with Gasteiger partial charge in [0.05, 0.1) is 12.7 Å². The van der Waals surface area contributed by atoms with E-state index in [-0.39, 0.29) is 5.56 Å². The maximum absolute atomic E-state index is 11.3. The summed E-state index contributed by atoms with van der Waals surface area (Å²) in [6.45, 7) is 0. The second kappa shape index (κ2) is 8.76. The van der Waals surface area contributed by atoms with Crippen LogP contribution in [0.2, 0.25) is 0 Å². The Morgan fingerprint density at radius 2 is 1.19 bits per heavy atom. The smallest absolute Gasteiger partial charge is 0.335 e. The van der Waals surface area contributed by atoms with Crippen LogP contribution < -0.4 is 10.1 Å². The van der Waals surface area contributed by atoms with Crippen LogP contribution >= 0.6 is 0 Å². The van der Waals surface area contributed by atoms with Gasteiger partial charge in [-0.05, 0) is 53.1 Å². The topological polar surface area (TPSA) is 58.6 Å². The second-order valence-corrected chi connectivity index (χ2v) is 7.22. The molecule has 4 nitrogen and oxygen atoms in total. The van der Waals surface area contributed by atoms with Crippen molar-refractivity contribution in [2.75, 3.05) is 12.4 Å². The number of benzene rings is 4. The van der Waals surface area contributed by atoms with Crippen LogP contribution in [0.15, 0.2) is 109 Å². The Morgan fingerprint density at radius 1 is 0.710 bits per heavy atom. The first kappa shape index (κ1) is 20.2. The summed E-state index contributed by atoms with van der Waals surface area (Å²) in [6.07, 6.45) is 0. The Labute approximate surface area is 181 Å². The molecule has 31 heavy (non-hydrogen) atoms. The van der Waals surface area contributed by atoms with Gasteiger partial charge in [0, 0.05) is 5.69 Å². The summed E-state index contributed by atoms with van der Waals surface area (Å²) in [5, 5.41) is 13.0. The first-order valence-corrected chi connectivity index (χ1v) is 10.0. The zero-order chi connectivity index (χ0) is 21.7. The van der Waals surface area contributed by atoms with Crippen LogP contribution in [-0.2, 0) is 5.54 Å². The van der Waals surface area contributed by atoms with Gasteiger partial charge in [-0.1, -0.05) is 72.8 Å². The standard InChI is InChI=1S/C27H23NO3/c1-31-25-18-14-23(15-19-25)27(21-8-4-2-5-9-21,22-10-6-3-7-11-22)28-24-16-12-20(13-17-24)26(29)30/h2-19,28H,1H3,(H,29,30). The Balaban J connectivity index is 1.93. The molecule has 0 saturated heterocycles.